The van der Waals surface area contributed by atoms with E-state index in [2.05, 4.69) is 176 Å². The Bertz CT molecular complexity index is 3410. The number of benzene rings is 6. The minimum atomic E-state index is -0.533. The van der Waals surface area contributed by atoms with E-state index in [1.54, 1.807) is 0 Å². The number of quaternary nitrogens is 1. The molecule has 1 unspecified atom stereocenters. The highest BCUT2D eigenvalue weighted by atomic mass is 16.5. The van der Waals surface area contributed by atoms with Crippen molar-refractivity contribution in [1.82, 2.24) is 13.8 Å². The van der Waals surface area contributed by atoms with Crippen molar-refractivity contribution >= 4 is 55.2 Å². The van der Waals surface area contributed by atoms with Gasteiger partial charge in [0.2, 0.25) is 17.1 Å². The van der Waals surface area contributed by atoms with Crippen LogP contribution in [0.15, 0.2) is 158 Å². The van der Waals surface area contributed by atoms with Gasteiger partial charge in [-0.2, -0.15) is 9.13 Å². The topological polar surface area (TPSA) is 26.8 Å². The lowest BCUT2D eigenvalue weighted by atomic mass is 9.65. The fraction of sp³-hybridized carbons (Fsp3) is 0.0213. The molecule has 1 atom stereocenters. The van der Waals surface area contributed by atoms with Crippen LogP contribution in [0.3, 0.4) is 0 Å². The summed E-state index contributed by atoms with van der Waals surface area (Å²) in [7, 11) is 0. The first kappa shape index (κ1) is 25.9. The maximum Gasteiger partial charge on any atom is 0.355 e. The van der Waals surface area contributed by atoms with E-state index in [1.807, 2.05) is 0 Å². The van der Waals surface area contributed by atoms with Crippen LogP contribution < -0.4 is 18.8 Å². The van der Waals surface area contributed by atoms with Crippen LogP contribution in [0.4, 0.5) is 11.4 Å². The molecule has 6 nitrogen and oxygen atoms in total. The molecule has 10 aromatic rings. The van der Waals surface area contributed by atoms with Crippen molar-refractivity contribution in [2.24, 2.45) is 0 Å². The van der Waals surface area contributed by atoms with E-state index in [-0.39, 0.29) is 0 Å². The van der Waals surface area contributed by atoms with Gasteiger partial charge >= 0.3 is 22.9 Å². The molecule has 0 radical (unpaired) electrons. The molecule has 15 rings (SSSR count). The lowest BCUT2D eigenvalue weighted by Gasteiger charge is -2.42. The molecule has 0 amide bonds. The van der Waals surface area contributed by atoms with Crippen molar-refractivity contribution in [2.45, 2.75) is 5.41 Å². The number of rotatable bonds is 0. The van der Waals surface area contributed by atoms with Crippen molar-refractivity contribution in [1.29, 1.82) is 0 Å². The summed E-state index contributed by atoms with van der Waals surface area (Å²) in [5.74, 6) is 1.67. The van der Waals surface area contributed by atoms with E-state index >= 15 is 0 Å². The Morgan fingerprint density at radius 2 is 1.25 bits per heavy atom. The van der Waals surface area contributed by atoms with E-state index in [0.29, 0.717) is 4.70 Å². The second-order valence-corrected chi connectivity index (χ2v) is 15.0. The number of para-hydroxylation sites is 4. The fourth-order valence-corrected chi connectivity index (χ4v) is 11.5. The zero-order valence-corrected chi connectivity index (χ0v) is 28.2. The molecule has 0 fully saturated rings. The van der Waals surface area contributed by atoms with Gasteiger partial charge in [0.25, 0.3) is 5.69 Å². The van der Waals surface area contributed by atoms with Gasteiger partial charge < -0.3 is 4.74 Å². The Balaban J connectivity index is 1.26. The zero-order valence-electron chi connectivity index (χ0n) is 28.2. The number of aromatic nitrogens is 4. The molecule has 6 heteroatoms. The van der Waals surface area contributed by atoms with Crippen LogP contribution in [0.25, 0.3) is 66.4 Å². The molecule has 4 aromatic heterocycles. The molecule has 0 bridgehead atoms. The zero-order chi connectivity index (χ0) is 33.9. The Morgan fingerprint density at radius 1 is 0.528 bits per heavy atom. The average Bonchev–Trinajstić information content (AvgIpc) is 3.85. The molecular weight excluding hydrogens is 651 g/mol. The summed E-state index contributed by atoms with van der Waals surface area (Å²) in [6.45, 7) is 0. The van der Waals surface area contributed by atoms with Crippen molar-refractivity contribution in [3.8, 4) is 34.1 Å². The first-order chi connectivity index (χ1) is 26.3. The number of fused-ring (bicyclic) bond motifs is 13. The van der Waals surface area contributed by atoms with Gasteiger partial charge in [0.1, 0.15) is 11.0 Å². The van der Waals surface area contributed by atoms with Crippen LogP contribution >= 0.6 is 0 Å². The standard InChI is InChI=1S/C47H26N5O/c1-4-16-33-27(11-1)28-12-2-5-17-34(28)47(33)35-18-9-14-30-31-15-10-26-48-45(31)50(42(30)35)43-36(47)23-24-40-44(43)52(48)39-21-8-7-20-38(39)49-37-19-6-3-13-29(37)32-22-25-41(53-40)51(52)46(32)49/h1-26H/q+3. The number of nitrogens with zero attached hydrogens (tertiary/aromatic N) is 5. The summed E-state index contributed by atoms with van der Waals surface area (Å²) in [6.07, 6.45) is 2.28. The highest BCUT2D eigenvalue weighted by molar-refractivity contribution is 6.13. The SMILES string of the molecule is c1ccc2c(c1)-c1ccccc1C21c2ccc3c4c2-n2c5c1cccc5c1ccc[n+](c12)[N+]41c2ccccc2-n2c4ccccc4c4ccc([n+]1c42)O3. The van der Waals surface area contributed by atoms with Gasteiger partial charge in [-0.15, -0.1) is 0 Å². The lowest BCUT2D eigenvalue weighted by Crippen LogP contribution is -2.87. The molecule has 53 heavy (non-hydrogen) atoms. The molecule has 0 N–H and O–H groups in total. The van der Waals surface area contributed by atoms with E-state index < -0.39 is 5.41 Å². The van der Waals surface area contributed by atoms with E-state index in [1.165, 1.54) is 83.0 Å². The number of hydrogen-bond acceptors (Lipinski definition) is 1. The second-order valence-electron chi connectivity index (χ2n) is 15.0. The number of ether oxygens (including phenoxy) is 1. The molecule has 4 aliphatic heterocycles. The van der Waals surface area contributed by atoms with Gasteiger partial charge in [-0.05, 0) is 81.5 Å². The van der Waals surface area contributed by atoms with Crippen molar-refractivity contribution in [3.05, 3.63) is 180 Å². The molecule has 2 spiro atoms. The van der Waals surface area contributed by atoms with Gasteiger partial charge in [-0.25, -0.2) is 0 Å². The Labute approximate surface area is 302 Å². The number of pyridine rings is 2. The molecule has 242 valence electrons. The van der Waals surface area contributed by atoms with E-state index in [9.17, 15) is 0 Å². The third-order valence-electron chi connectivity index (χ3n) is 13.1. The fourth-order valence-electron chi connectivity index (χ4n) is 11.5. The second kappa shape index (κ2) is 8.05. The quantitative estimate of drug-likeness (QED) is 0.116. The van der Waals surface area contributed by atoms with E-state index in [4.69, 9.17) is 4.74 Å². The third-order valence-corrected chi connectivity index (χ3v) is 13.1. The molecule has 8 heterocycles. The van der Waals surface area contributed by atoms with Crippen LogP contribution in [-0.4, -0.2) is 9.13 Å². The summed E-state index contributed by atoms with van der Waals surface area (Å²) in [5.41, 5.74) is 16.7. The van der Waals surface area contributed by atoms with Crippen LogP contribution in [0.1, 0.15) is 22.3 Å². The summed E-state index contributed by atoms with van der Waals surface area (Å²) in [4.78, 5) is 0. The normalized spacial score (nSPS) is 17.8. The summed E-state index contributed by atoms with van der Waals surface area (Å²) in [5, 5.41) is 4.92. The molecular formula is C47H26N5O+3. The van der Waals surface area contributed by atoms with Crippen LogP contribution in [-0.2, 0) is 5.41 Å². The minimum absolute atomic E-state index is 0.306. The van der Waals surface area contributed by atoms with Crippen LogP contribution in [0, 0.1) is 0 Å². The van der Waals surface area contributed by atoms with Crippen molar-refractivity contribution in [2.75, 3.05) is 0 Å². The smallest absolute Gasteiger partial charge is 0.355 e. The van der Waals surface area contributed by atoms with E-state index in [0.717, 1.165) is 28.7 Å². The molecule has 5 aliphatic rings. The van der Waals surface area contributed by atoms with Crippen LogP contribution in [0.2, 0.25) is 0 Å². The first-order valence-electron chi connectivity index (χ1n) is 18.4. The molecule has 0 saturated carbocycles. The maximum atomic E-state index is 7.17. The van der Waals surface area contributed by atoms with Crippen molar-refractivity contribution < 1.29 is 14.1 Å². The van der Waals surface area contributed by atoms with Gasteiger partial charge in [-0.1, -0.05) is 84.9 Å². The van der Waals surface area contributed by atoms with Gasteiger partial charge in [-0.3, -0.25) is 0 Å². The Morgan fingerprint density at radius 3 is 2.13 bits per heavy atom. The largest absolute Gasteiger partial charge is 0.412 e. The van der Waals surface area contributed by atoms with Gasteiger partial charge in [0.05, 0.1) is 20.9 Å². The van der Waals surface area contributed by atoms with Crippen LogP contribution in [0.5, 0.6) is 11.6 Å². The molecule has 0 saturated heterocycles. The molecule has 6 aromatic carbocycles. The number of hydrogen-bond donors (Lipinski definition) is 0. The summed E-state index contributed by atoms with van der Waals surface area (Å²) >= 11 is 0. The Hall–Kier alpha value is -7.02. The Kier molecular flexibility index (Phi) is 3.93. The van der Waals surface area contributed by atoms with Gasteiger partial charge in [0.15, 0.2) is 6.20 Å². The predicted molar refractivity (Wildman–Crippen MR) is 205 cm³/mol. The van der Waals surface area contributed by atoms with Crippen molar-refractivity contribution in [3.63, 3.8) is 0 Å². The molecule has 1 aliphatic carbocycles. The monoisotopic (exact) mass is 676 g/mol. The lowest BCUT2D eigenvalue weighted by molar-refractivity contribution is -1.02. The van der Waals surface area contributed by atoms with Gasteiger partial charge in [0, 0.05) is 38.7 Å². The minimum Gasteiger partial charge on any atom is -0.412 e. The highest BCUT2D eigenvalue weighted by Gasteiger charge is 2.68. The summed E-state index contributed by atoms with van der Waals surface area (Å²) < 4.78 is 17.5. The highest BCUT2D eigenvalue weighted by Crippen LogP contribution is 2.65. The predicted octanol–water partition coefficient (Wildman–Crippen LogP) is 9.43. The third kappa shape index (κ3) is 2.38. The maximum absolute atomic E-state index is 7.17. The average molecular weight is 677 g/mol. The summed E-state index contributed by atoms with van der Waals surface area (Å²) in [6, 6.07) is 56.5. The first-order valence-corrected chi connectivity index (χ1v) is 18.4.